The zero-order chi connectivity index (χ0) is 18.0. The zero-order valence-corrected chi connectivity index (χ0v) is 15.6. The minimum Gasteiger partial charge on any atom is -0.481 e. The average Bonchev–Trinajstić information content (AvgIpc) is 2.58. The first-order valence-electron chi connectivity index (χ1n) is 8.84. The van der Waals surface area contributed by atoms with Crippen LogP contribution < -0.4 is 9.46 Å². The summed E-state index contributed by atoms with van der Waals surface area (Å²) in [5.74, 6) is 1.13. The lowest BCUT2D eigenvalue weighted by Gasteiger charge is -2.39. The highest BCUT2D eigenvalue weighted by Gasteiger charge is 2.38. The van der Waals surface area contributed by atoms with Crippen molar-refractivity contribution in [3.05, 3.63) is 23.9 Å². The summed E-state index contributed by atoms with van der Waals surface area (Å²) in [4.78, 5) is 4.20. The highest BCUT2D eigenvalue weighted by molar-refractivity contribution is 7.87. The van der Waals surface area contributed by atoms with Crippen LogP contribution >= 0.6 is 0 Å². The van der Waals surface area contributed by atoms with Gasteiger partial charge in [0.2, 0.25) is 5.88 Å². The molecule has 2 heterocycles. The van der Waals surface area contributed by atoms with E-state index in [4.69, 9.17) is 4.74 Å². The van der Waals surface area contributed by atoms with Gasteiger partial charge in [0, 0.05) is 25.4 Å². The van der Waals surface area contributed by atoms with Gasteiger partial charge < -0.3 is 9.84 Å². The topological polar surface area (TPSA) is 91.8 Å². The van der Waals surface area contributed by atoms with Crippen LogP contribution in [-0.2, 0) is 10.2 Å². The lowest BCUT2D eigenvalue weighted by atomic mass is 9.76. The van der Waals surface area contributed by atoms with Gasteiger partial charge >= 0.3 is 0 Å². The predicted octanol–water partition coefficient (Wildman–Crippen LogP) is 1.47. The molecule has 0 radical (unpaired) electrons. The van der Waals surface area contributed by atoms with E-state index in [0.717, 1.165) is 18.4 Å². The van der Waals surface area contributed by atoms with Crippen molar-refractivity contribution in [3.63, 3.8) is 0 Å². The van der Waals surface area contributed by atoms with Gasteiger partial charge in [-0.1, -0.05) is 13.0 Å². The molecule has 2 aliphatic rings. The summed E-state index contributed by atoms with van der Waals surface area (Å²) in [7, 11) is -2.02. The summed E-state index contributed by atoms with van der Waals surface area (Å²) < 4.78 is 35.1. The standard InChI is InChI=1S/C17H27N3O4S/c1-12-5-7-20(8-6-12)25(22,23)19-17(14-9-15(21)10-14)13-3-4-16(24-2)18-11-13/h3-4,11-12,14-15,17,19,21H,5-10H2,1-2H3/t14?,15?,17-/m1/s1. The lowest BCUT2D eigenvalue weighted by Crippen LogP contribution is -2.49. The average molecular weight is 369 g/mol. The molecule has 0 bridgehead atoms. The second-order valence-corrected chi connectivity index (χ2v) is 8.90. The monoisotopic (exact) mass is 369 g/mol. The molecule has 1 aromatic rings. The fraction of sp³-hybridized carbons (Fsp3) is 0.706. The lowest BCUT2D eigenvalue weighted by molar-refractivity contribution is 0.0276. The molecule has 0 amide bonds. The number of nitrogens with one attached hydrogen (secondary N) is 1. The summed E-state index contributed by atoms with van der Waals surface area (Å²) >= 11 is 0. The Balaban J connectivity index is 1.77. The maximum Gasteiger partial charge on any atom is 0.280 e. The number of hydrogen-bond donors (Lipinski definition) is 2. The van der Waals surface area contributed by atoms with Gasteiger partial charge in [0.05, 0.1) is 19.3 Å². The Kier molecular flexibility index (Phi) is 5.62. The number of hydrogen-bond acceptors (Lipinski definition) is 5. The first kappa shape index (κ1) is 18.6. The number of nitrogens with zero attached hydrogens (tertiary/aromatic N) is 2. The minimum atomic E-state index is -3.57. The van der Waals surface area contributed by atoms with Crippen LogP contribution in [0.4, 0.5) is 0 Å². The van der Waals surface area contributed by atoms with E-state index in [9.17, 15) is 13.5 Å². The summed E-state index contributed by atoms with van der Waals surface area (Å²) in [6.07, 6.45) is 4.26. The Morgan fingerprint density at radius 1 is 1.32 bits per heavy atom. The highest BCUT2D eigenvalue weighted by atomic mass is 32.2. The molecular formula is C17H27N3O4S. The highest BCUT2D eigenvalue weighted by Crippen LogP contribution is 2.39. The molecule has 25 heavy (non-hydrogen) atoms. The number of methoxy groups -OCH3 is 1. The van der Waals surface area contributed by atoms with Crippen LogP contribution in [0, 0.1) is 11.8 Å². The Labute approximate surface area is 149 Å². The summed E-state index contributed by atoms with van der Waals surface area (Å²) in [6.45, 7) is 3.26. The van der Waals surface area contributed by atoms with Crippen molar-refractivity contribution in [1.82, 2.24) is 14.0 Å². The van der Waals surface area contributed by atoms with Gasteiger partial charge in [-0.3, -0.25) is 0 Å². The number of aromatic nitrogens is 1. The van der Waals surface area contributed by atoms with E-state index in [1.165, 1.54) is 4.31 Å². The fourth-order valence-corrected chi connectivity index (χ4v) is 4.99. The van der Waals surface area contributed by atoms with Gasteiger partial charge in [-0.15, -0.1) is 0 Å². The van der Waals surface area contributed by atoms with Gasteiger partial charge in [0.25, 0.3) is 10.2 Å². The van der Waals surface area contributed by atoms with Crippen molar-refractivity contribution in [2.24, 2.45) is 11.8 Å². The van der Waals surface area contributed by atoms with Gasteiger partial charge in [-0.25, -0.2) is 4.98 Å². The van der Waals surface area contributed by atoms with E-state index in [1.54, 1.807) is 19.4 Å². The van der Waals surface area contributed by atoms with Gasteiger partial charge in [0.1, 0.15) is 0 Å². The van der Waals surface area contributed by atoms with Crippen molar-refractivity contribution < 1.29 is 18.3 Å². The summed E-state index contributed by atoms with van der Waals surface area (Å²) in [5, 5.41) is 9.65. The molecule has 0 aromatic carbocycles. The summed E-state index contributed by atoms with van der Waals surface area (Å²) in [6, 6.07) is 3.18. The maximum atomic E-state index is 12.8. The molecule has 140 valence electrons. The van der Waals surface area contributed by atoms with E-state index in [-0.39, 0.29) is 18.1 Å². The predicted molar refractivity (Wildman–Crippen MR) is 94.3 cm³/mol. The van der Waals surface area contributed by atoms with Crippen molar-refractivity contribution >= 4 is 10.2 Å². The van der Waals surface area contributed by atoms with Crippen molar-refractivity contribution in [2.45, 2.75) is 44.8 Å². The van der Waals surface area contributed by atoms with Crippen molar-refractivity contribution in [2.75, 3.05) is 20.2 Å². The van der Waals surface area contributed by atoms with E-state index in [0.29, 0.717) is 37.7 Å². The van der Waals surface area contributed by atoms with Gasteiger partial charge in [-0.2, -0.15) is 17.4 Å². The Morgan fingerprint density at radius 3 is 2.52 bits per heavy atom. The van der Waals surface area contributed by atoms with Crippen LogP contribution in [0.25, 0.3) is 0 Å². The first-order chi connectivity index (χ1) is 11.9. The zero-order valence-electron chi connectivity index (χ0n) is 14.8. The Morgan fingerprint density at radius 2 is 2.00 bits per heavy atom. The number of rotatable bonds is 6. The molecule has 1 saturated carbocycles. The van der Waals surface area contributed by atoms with Gasteiger partial charge in [0.15, 0.2) is 0 Å². The number of pyridine rings is 1. The van der Waals surface area contributed by atoms with E-state index < -0.39 is 10.2 Å². The maximum absolute atomic E-state index is 12.8. The second kappa shape index (κ2) is 7.57. The molecule has 3 rings (SSSR count). The fourth-order valence-electron chi connectivity index (χ4n) is 3.50. The van der Waals surface area contributed by atoms with Crippen LogP contribution in [0.15, 0.2) is 18.3 Å². The number of aliphatic hydroxyl groups is 1. The number of aliphatic hydroxyl groups excluding tert-OH is 1. The quantitative estimate of drug-likeness (QED) is 0.792. The first-order valence-corrected chi connectivity index (χ1v) is 10.3. The molecule has 1 aliphatic carbocycles. The molecule has 8 heteroatoms. The molecule has 0 spiro atoms. The van der Waals surface area contributed by atoms with Crippen LogP contribution in [0.1, 0.15) is 44.2 Å². The van der Waals surface area contributed by atoms with Crippen molar-refractivity contribution in [3.8, 4) is 5.88 Å². The number of piperidine rings is 1. The smallest absolute Gasteiger partial charge is 0.280 e. The van der Waals surface area contributed by atoms with E-state index in [1.807, 2.05) is 6.07 Å². The Hall–Kier alpha value is -1.22. The molecule has 2 fully saturated rings. The van der Waals surface area contributed by atoms with Crippen LogP contribution in [0.3, 0.4) is 0 Å². The van der Waals surface area contributed by atoms with E-state index in [2.05, 4.69) is 16.6 Å². The Bertz CT molecular complexity index is 666. The van der Waals surface area contributed by atoms with Gasteiger partial charge in [-0.05, 0) is 43.1 Å². The molecule has 1 aliphatic heterocycles. The summed E-state index contributed by atoms with van der Waals surface area (Å²) in [5.41, 5.74) is 0.798. The SMILES string of the molecule is COc1ccc([C@@H](NS(=O)(=O)N2CCC(C)CC2)C2CC(O)C2)cn1. The van der Waals surface area contributed by atoms with Crippen molar-refractivity contribution in [1.29, 1.82) is 0 Å². The largest absolute Gasteiger partial charge is 0.481 e. The normalized spacial score (nSPS) is 26.8. The molecule has 1 saturated heterocycles. The number of ether oxygens (including phenoxy) is 1. The second-order valence-electron chi connectivity index (χ2n) is 7.20. The third-order valence-corrected chi connectivity index (χ3v) is 6.90. The minimum absolute atomic E-state index is 0.0729. The molecular weight excluding hydrogens is 342 g/mol. The third-order valence-electron chi connectivity index (χ3n) is 5.31. The van der Waals surface area contributed by atoms with Crippen LogP contribution in [0.2, 0.25) is 0 Å². The molecule has 1 atom stereocenters. The molecule has 7 nitrogen and oxygen atoms in total. The van der Waals surface area contributed by atoms with Crippen LogP contribution in [0.5, 0.6) is 5.88 Å². The third kappa shape index (κ3) is 4.31. The van der Waals surface area contributed by atoms with E-state index >= 15 is 0 Å². The molecule has 0 unspecified atom stereocenters. The molecule has 1 aromatic heterocycles. The van der Waals surface area contributed by atoms with Crippen LogP contribution in [-0.4, -0.2) is 49.1 Å². The molecule has 2 N–H and O–H groups in total.